The predicted molar refractivity (Wildman–Crippen MR) is 128 cm³/mol. The van der Waals surface area contributed by atoms with Crippen LogP contribution >= 0.6 is 0 Å². The van der Waals surface area contributed by atoms with Crippen LogP contribution in [0.4, 0.5) is 4.39 Å². The van der Waals surface area contributed by atoms with Crippen molar-refractivity contribution in [2.45, 2.75) is 37.9 Å². The summed E-state index contributed by atoms with van der Waals surface area (Å²) >= 11 is 0. The Bertz CT molecular complexity index is 1280. The number of ether oxygens (including phenoxy) is 1. The van der Waals surface area contributed by atoms with E-state index in [1.165, 1.54) is 18.5 Å². The number of nitrogens with zero attached hydrogens (tertiary/aromatic N) is 5. The molecule has 0 aliphatic carbocycles. The third-order valence-electron chi connectivity index (χ3n) is 6.58. The molecule has 2 aliphatic heterocycles. The number of hydrogen-bond donors (Lipinski definition) is 2. The zero-order chi connectivity index (χ0) is 25.8. The van der Waals surface area contributed by atoms with E-state index >= 15 is 0 Å². The minimum absolute atomic E-state index is 0.0639. The van der Waals surface area contributed by atoms with Crippen molar-refractivity contribution in [3.05, 3.63) is 71.3 Å². The summed E-state index contributed by atoms with van der Waals surface area (Å²) in [6, 6.07) is 10.2. The number of aromatic nitrogens is 4. The summed E-state index contributed by atoms with van der Waals surface area (Å²) in [6.07, 6.45) is 2.90. The summed E-state index contributed by atoms with van der Waals surface area (Å²) in [5.41, 5.74) is 1.47. The number of halogens is 1. The lowest BCUT2D eigenvalue weighted by Gasteiger charge is -2.31. The summed E-state index contributed by atoms with van der Waals surface area (Å²) < 4.78 is 21.1. The van der Waals surface area contributed by atoms with Crippen molar-refractivity contribution in [2.24, 2.45) is 0 Å². The average molecular weight is 508 g/mol. The highest BCUT2D eigenvalue weighted by Crippen LogP contribution is 2.29. The summed E-state index contributed by atoms with van der Waals surface area (Å²) in [5, 5.41) is 16.7. The van der Waals surface area contributed by atoms with E-state index in [-0.39, 0.29) is 61.3 Å². The maximum Gasteiger partial charge on any atom is 0.255 e. The molecule has 1 saturated heterocycles. The van der Waals surface area contributed by atoms with Gasteiger partial charge in [-0.2, -0.15) is 0 Å². The van der Waals surface area contributed by atoms with Gasteiger partial charge in [-0.1, -0.05) is 12.1 Å². The molecule has 2 N–H and O–H groups in total. The number of amides is 3. The van der Waals surface area contributed by atoms with Crippen LogP contribution in [0.3, 0.4) is 0 Å². The maximum atomic E-state index is 13.9. The first-order valence-electron chi connectivity index (χ1n) is 12.1. The first-order valence-corrected chi connectivity index (χ1v) is 12.1. The fraction of sp³-hybridized carbons (Fsp3) is 0.360. The highest BCUT2D eigenvalue weighted by Gasteiger charge is 2.38. The number of carbonyl (C=O) groups excluding carboxylic acids is 3. The van der Waals surface area contributed by atoms with Crippen molar-refractivity contribution >= 4 is 17.7 Å². The van der Waals surface area contributed by atoms with Gasteiger partial charge in [-0.25, -0.2) is 9.07 Å². The summed E-state index contributed by atoms with van der Waals surface area (Å²) in [4.78, 5) is 40.9. The zero-order valence-electron chi connectivity index (χ0n) is 20.0. The molecular formula is C25H26FN7O4. The van der Waals surface area contributed by atoms with Gasteiger partial charge in [0.25, 0.3) is 11.8 Å². The van der Waals surface area contributed by atoms with E-state index in [4.69, 9.17) is 4.74 Å². The van der Waals surface area contributed by atoms with Crippen LogP contribution in [0.2, 0.25) is 0 Å². The van der Waals surface area contributed by atoms with E-state index in [1.807, 2.05) is 12.1 Å². The Kier molecular flexibility index (Phi) is 7.06. The van der Waals surface area contributed by atoms with Gasteiger partial charge in [-0.3, -0.25) is 14.4 Å². The normalized spacial score (nSPS) is 20.3. The van der Waals surface area contributed by atoms with E-state index in [0.29, 0.717) is 24.9 Å². The lowest BCUT2D eigenvalue weighted by atomic mass is 10.1. The van der Waals surface area contributed by atoms with Crippen LogP contribution in [0, 0.1) is 5.82 Å². The molecule has 0 spiro atoms. The van der Waals surface area contributed by atoms with Crippen molar-refractivity contribution < 1.29 is 23.5 Å². The summed E-state index contributed by atoms with van der Waals surface area (Å²) in [5.74, 6) is -1.23. The summed E-state index contributed by atoms with van der Waals surface area (Å²) in [7, 11) is 0. The zero-order valence-corrected chi connectivity index (χ0v) is 20.0. The van der Waals surface area contributed by atoms with Crippen LogP contribution < -0.4 is 15.4 Å². The molecule has 3 heterocycles. The second-order valence-electron chi connectivity index (χ2n) is 9.05. The Hall–Kier alpha value is -4.35. The average Bonchev–Trinajstić information content (AvgIpc) is 3.55. The Morgan fingerprint density at radius 3 is 2.68 bits per heavy atom. The second-order valence-corrected chi connectivity index (χ2v) is 9.05. The van der Waals surface area contributed by atoms with Crippen molar-refractivity contribution in [1.29, 1.82) is 0 Å². The summed E-state index contributed by atoms with van der Waals surface area (Å²) in [6.45, 7) is 0.958. The smallest absolute Gasteiger partial charge is 0.255 e. The second kappa shape index (κ2) is 10.7. The largest absolute Gasteiger partial charge is 0.491 e. The molecule has 5 rings (SSSR count). The molecule has 2 atom stereocenters. The van der Waals surface area contributed by atoms with Crippen LogP contribution in [0.25, 0.3) is 0 Å². The van der Waals surface area contributed by atoms with Crippen molar-refractivity contribution in [3.63, 3.8) is 0 Å². The van der Waals surface area contributed by atoms with Gasteiger partial charge in [0, 0.05) is 30.6 Å². The molecular weight excluding hydrogens is 481 g/mol. The number of tetrazole rings is 1. The third-order valence-corrected chi connectivity index (χ3v) is 6.58. The van der Waals surface area contributed by atoms with Gasteiger partial charge in [0.15, 0.2) is 0 Å². The maximum absolute atomic E-state index is 13.9. The van der Waals surface area contributed by atoms with Crippen LogP contribution in [-0.2, 0) is 11.3 Å². The quantitative estimate of drug-likeness (QED) is 0.544. The molecule has 2 aliphatic rings. The van der Waals surface area contributed by atoms with E-state index < -0.39 is 11.7 Å². The Morgan fingerprint density at radius 1 is 1.08 bits per heavy atom. The van der Waals surface area contributed by atoms with Gasteiger partial charge in [0.1, 0.15) is 24.5 Å². The fourth-order valence-corrected chi connectivity index (χ4v) is 4.78. The molecule has 3 aromatic rings. The Balaban J connectivity index is 1.37. The van der Waals surface area contributed by atoms with Crippen molar-refractivity contribution in [3.8, 4) is 5.75 Å². The molecule has 2 bridgehead atoms. The molecule has 37 heavy (non-hydrogen) atoms. The number of benzene rings is 2. The van der Waals surface area contributed by atoms with Crippen LogP contribution in [0.1, 0.15) is 45.5 Å². The number of carbonyl (C=O) groups is 3. The predicted octanol–water partition coefficient (Wildman–Crippen LogP) is 1.16. The minimum Gasteiger partial charge on any atom is -0.491 e. The van der Waals surface area contributed by atoms with E-state index in [1.54, 1.807) is 21.7 Å². The van der Waals surface area contributed by atoms with Gasteiger partial charge < -0.3 is 20.3 Å². The van der Waals surface area contributed by atoms with Crippen molar-refractivity contribution in [1.82, 2.24) is 35.7 Å². The van der Waals surface area contributed by atoms with E-state index in [0.717, 1.165) is 11.6 Å². The molecule has 0 unspecified atom stereocenters. The molecule has 2 aromatic carbocycles. The molecule has 192 valence electrons. The van der Waals surface area contributed by atoms with Gasteiger partial charge in [0.2, 0.25) is 5.91 Å². The molecule has 1 fully saturated rings. The first-order chi connectivity index (χ1) is 18.0. The fourth-order valence-electron chi connectivity index (χ4n) is 4.78. The molecule has 3 amide bonds. The minimum atomic E-state index is -0.562. The number of rotatable bonds is 3. The monoisotopic (exact) mass is 507 g/mol. The van der Waals surface area contributed by atoms with E-state index in [2.05, 4.69) is 26.2 Å². The molecule has 11 nitrogen and oxygen atoms in total. The standard InChI is InChI=1S/C25H26FN7O4/c26-18-5-8-22-21(11-18)24(35)28-13-20-7-6-19(12-23(34)27-9-10-37-22)33(20)25(36)17-3-1-16(2-4-17)14-32-15-29-30-31-32/h1-5,8,11,15,19-20H,6-7,9-10,12-14H2,(H,27,34)(H,28,35)/t19-,20+/m0/s1. The third kappa shape index (κ3) is 5.57. The van der Waals surface area contributed by atoms with Crippen LogP contribution in [-0.4, -0.2) is 74.6 Å². The molecule has 0 saturated carbocycles. The van der Waals surface area contributed by atoms with E-state index in [9.17, 15) is 18.8 Å². The highest BCUT2D eigenvalue weighted by atomic mass is 19.1. The Labute approximate surface area is 212 Å². The van der Waals surface area contributed by atoms with Gasteiger partial charge in [-0.15, -0.1) is 5.10 Å². The van der Waals surface area contributed by atoms with Crippen molar-refractivity contribution in [2.75, 3.05) is 19.7 Å². The van der Waals surface area contributed by atoms with Gasteiger partial charge in [0.05, 0.1) is 18.7 Å². The lowest BCUT2D eigenvalue weighted by Crippen LogP contribution is -2.48. The molecule has 1 aromatic heterocycles. The molecule has 0 radical (unpaired) electrons. The molecule has 12 heteroatoms. The van der Waals surface area contributed by atoms with Crippen LogP contribution in [0.15, 0.2) is 48.8 Å². The number of nitrogens with one attached hydrogen (secondary N) is 2. The van der Waals surface area contributed by atoms with Gasteiger partial charge in [-0.05, 0) is 59.2 Å². The Morgan fingerprint density at radius 2 is 1.89 bits per heavy atom. The number of hydrogen-bond acceptors (Lipinski definition) is 7. The lowest BCUT2D eigenvalue weighted by molar-refractivity contribution is -0.122. The SMILES string of the molecule is O=C1C[C@@H]2CC[C@H](CNC(=O)c3cc(F)ccc3OCCN1)N2C(=O)c1ccc(Cn2cnnn2)cc1. The van der Waals surface area contributed by atoms with Crippen LogP contribution in [0.5, 0.6) is 5.75 Å². The van der Waals surface area contributed by atoms with Gasteiger partial charge >= 0.3 is 0 Å². The highest BCUT2D eigenvalue weighted by molar-refractivity contribution is 5.97. The number of fused-ring (bicyclic) bond motifs is 3. The first kappa shape index (κ1) is 24.3. The topological polar surface area (TPSA) is 131 Å².